The van der Waals surface area contributed by atoms with Gasteiger partial charge in [0.25, 0.3) is 0 Å². The van der Waals surface area contributed by atoms with Crippen LogP contribution >= 0.6 is 11.3 Å². The molecule has 1 aliphatic heterocycles. The largest absolute Gasteiger partial charge is 0.362 e. The van der Waals surface area contributed by atoms with E-state index in [0.29, 0.717) is 5.56 Å². The van der Waals surface area contributed by atoms with Crippen molar-refractivity contribution >= 4 is 17.2 Å². The fraction of sp³-hybridized carbons (Fsp3) is 0.160. The van der Waals surface area contributed by atoms with Gasteiger partial charge >= 0.3 is 0 Å². The minimum atomic E-state index is -1.68. The maximum Gasteiger partial charge on any atom is 0.227 e. The topological polar surface area (TPSA) is 108 Å². The zero-order chi connectivity index (χ0) is 22.7. The van der Waals surface area contributed by atoms with Crippen LogP contribution in [0.4, 0.5) is 0 Å². The first kappa shape index (κ1) is 21.2. The van der Waals surface area contributed by atoms with E-state index in [-0.39, 0.29) is 16.8 Å². The smallest absolute Gasteiger partial charge is 0.227 e. The van der Waals surface area contributed by atoms with Crippen molar-refractivity contribution in [2.45, 2.75) is 24.6 Å². The van der Waals surface area contributed by atoms with Gasteiger partial charge in [0, 0.05) is 22.1 Å². The first-order valence-corrected chi connectivity index (χ1v) is 10.8. The first-order chi connectivity index (χ1) is 15.5. The average molecular weight is 439 g/mol. The van der Waals surface area contributed by atoms with Crippen LogP contribution in [-0.2, 0) is 5.72 Å². The van der Waals surface area contributed by atoms with Crippen molar-refractivity contribution in [2.24, 2.45) is 0 Å². The number of allylic oxidation sites excluding steroid dienone is 2. The second-order valence-electron chi connectivity index (χ2n) is 7.54. The third kappa shape index (κ3) is 3.51. The molecule has 2 aromatic heterocycles. The summed E-state index contributed by atoms with van der Waals surface area (Å²) in [6, 6.07) is 20.3. The monoisotopic (exact) mass is 438 g/mol. The zero-order valence-electron chi connectivity index (χ0n) is 17.3. The SMILES string of the molecule is Cc1ccc[n+](C2C(c3cccs3)C(C#N)=C(C(=C=N)C#N)NC2(O)c2ccccc2)c1. The van der Waals surface area contributed by atoms with Crippen LogP contribution < -0.4 is 9.88 Å². The molecule has 1 aromatic carbocycles. The summed E-state index contributed by atoms with van der Waals surface area (Å²) in [5.41, 5.74) is 0.173. The van der Waals surface area contributed by atoms with Gasteiger partial charge in [-0.25, -0.2) is 0 Å². The van der Waals surface area contributed by atoms with Crippen LogP contribution in [0.1, 0.15) is 28.0 Å². The summed E-state index contributed by atoms with van der Waals surface area (Å²) in [5, 5.41) is 44.7. The lowest BCUT2D eigenvalue weighted by atomic mass is 9.75. The Bertz CT molecular complexity index is 1310. The zero-order valence-corrected chi connectivity index (χ0v) is 18.1. The van der Waals surface area contributed by atoms with Crippen LogP contribution in [-0.4, -0.2) is 11.0 Å². The normalized spacial score (nSPS) is 22.2. The Kier molecular flexibility index (Phi) is 5.73. The third-order valence-electron chi connectivity index (χ3n) is 5.60. The van der Waals surface area contributed by atoms with Crippen LogP contribution in [0, 0.1) is 35.0 Å². The molecule has 0 aliphatic carbocycles. The quantitative estimate of drug-likeness (QED) is 0.329. The molecule has 0 bridgehead atoms. The molecule has 32 heavy (non-hydrogen) atoms. The predicted molar refractivity (Wildman–Crippen MR) is 120 cm³/mol. The summed E-state index contributed by atoms with van der Waals surface area (Å²) in [4.78, 5) is 0.871. The Hall–Kier alpha value is -4.00. The van der Waals surface area contributed by atoms with E-state index < -0.39 is 17.7 Å². The molecule has 1 aliphatic rings. The van der Waals surface area contributed by atoms with Crippen molar-refractivity contribution in [2.75, 3.05) is 0 Å². The molecule has 0 saturated heterocycles. The van der Waals surface area contributed by atoms with Gasteiger partial charge in [0.05, 0.1) is 23.3 Å². The van der Waals surface area contributed by atoms with Crippen LogP contribution in [0.15, 0.2) is 89.2 Å². The molecule has 3 N–H and O–H groups in total. The molecule has 4 rings (SSSR count). The second-order valence-corrected chi connectivity index (χ2v) is 8.52. The van der Waals surface area contributed by atoms with Crippen LogP contribution in [0.2, 0.25) is 0 Å². The minimum Gasteiger partial charge on any atom is -0.362 e. The van der Waals surface area contributed by atoms with Gasteiger partial charge in [0.15, 0.2) is 12.4 Å². The van der Waals surface area contributed by atoms with Gasteiger partial charge < -0.3 is 10.4 Å². The van der Waals surface area contributed by atoms with E-state index in [0.717, 1.165) is 10.4 Å². The van der Waals surface area contributed by atoms with Crippen molar-refractivity contribution < 1.29 is 9.67 Å². The third-order valence-corrected chi connectivity index (χ3v) is 6.56. The van der Waals surface area contributed by atoms with E-state index in [4.69, 9.17) is 5.41 Å². The first-order valence-electron chi connectivity index (χ1n) is 9.94. The number of aliphatic hydroxyl groups is 1. The van der Waals surface area contributed by atoms with Gasteiger partial charge in [-0.15, -0.1) is 11.3 Å². The van der Waals surface area contributed by atoms with Crippen molar-refractivity contribution in [3.05, 3.63) is 105 Å². The highest BCUT2D eigenvalue weighted by atomic mass is 32.1. The summed E-state index contributed by atoms with van der Waals surface area (Å²) in [7, 11) is 0. The van der Waals surface area contributed by atoms with E-state index in [1.165, 1.54) is 11.3 Å². The fourth-order valence-electron chi connectivity index (χ4n) is 4.23. The van der Waals surface area contributed by atoms with Crippen molar-refractivity contribution in [1.29, 1.82) is 15.9 Å². The van der Waals surface area contributed by atoms with E-state index in [1.54, 1.807) is 12.1 Å². The highest BCUT2D eigenvalue weighted by Gasteiger charge is 2.56. The molecule has 0 amide bonds. The number of nitriles is 2. The molecular weight excluding hydrogens is 418 g/mol. The van der Waals surface area contributed by atoms with Gasteiger partial charge in [0.2, 0.25) is 11.8 Å². The van der Waals surface area contributed by atoms with Gasteiger partial charge in [-0.05, 0) is 30.3 Å². The molecule has 3 unspecified atom stereocenters. The summed E-state index contributed by atoms with van der Waals surface area (Å²) >= 11 is 1.48. The number of hydrogen-bond donors (Lipinski definition) is 3. The van der Waals surface area contributed by atoms with Crippen molar-refractivity contribution in [1.82, 2.24) is 5.32 Å². The Labute approximate surface area is 190 Å². The number of nitrogens with one attached hydrogen (secondary N) is 2. The van der Waals surface area contributed by atoms with E-state index in [1.807, 2.05) is 77.8 Å². The van der Waals surface area contributed by atoms with E-state index in [9.17, 15) is 15.6 Å². The number of benzene rings is 1. The predicted octanol–water partition coefficient (Wildman–Crippen LogP) is 3.59. The maximum absolute atomic E-state index is 12.3. The van der Waals surface area contributed by atoms with Crippen molar-refractivity contribution in [3.8, 4) is 12.1 Å². The molecule has 6 nitrogen and oxygen atoms in total. The molecule has 0 fully saturated rings. The molecule has 0 radical (unpaired) electrons. The molecule has 156 valence electrons. The van der Waals surface area contributed by atoms with Crippen LogP contribution in [0.3, 0.4) is 0 Å². The lowest BCUT2D eigenvalue weighted by Crippen LogP contribution is -2.62. The molecule has 3 heterocycles. The Morgan fingerprint density at radius 3 is 2.53 bits per heavy atom. The van der Waals surface area contributed by atoms with E-state index in [2.05, 4.69) is 17.3 Å². The average Bonchev–Trinajstić information content (AvgIpc) is 3.35. The van der Waals surface area contributed by atoms with E-state index >= 15 is 0 Å². The molecular formula is C25H20N5OS+. The summed E-state index contributed by atoms with van der Waals surface area (Å²) < 4.78 is 1.91. The van der Waals surface area contributed by atoms with Gasteiger partial charge in [-0.2, -0.15) is 15.1 Å². The number of aryl methyl sites for hydroxylation is 1. The Morgan fingerprint density at radius 1 is 1.16 bits per heavy atom. The number of thiophene rings is 1. The number of nitrogens with zero attached hydrogens (tertiary/aromatic N) is 3. The lowest BCUT2D eigenvalue weighted by molar-refractivity contribution is -0.744. The van der Waals surface area contributed by atoms with Gasteiger partial charge in [0.1, 0.15) is 11.6 Å². The summed E-state index contributed by atoms with van der Waals surface area (Å²) in [6.45, 7) is 1.96. The molecule has 0 spiro atoms. The van der Waals surface area contributed by atoms with Crippen LogP contribution in [0.25, 0.3) is 0 Å². The molecule has 3 aromatic rings. The maximum atomic E-state index is 12.3. The Balaban J connectivity index is 2.10. The fourth-order valence-corrected chi connectivity index (χ4v) is 5.10. The van der Waals surface area contributed by atoms with Gasteiger partial charge in [-0.3, -0.25) is 5.41 Å². The van der Waals surface area contributed by atoms with Crippen LogP contribution in [0.5, 0.6) is 0 Å². The molecule has 7 heteroatoms. The standard InChI is InChI=1S/C25H20N5OS/c1-17-7-5-11-30(16-17)24-22(21-10-6-12-32-21)20(15-28)23(18(13-26)14-27)29-25(24,31)19-8-3-2-4-9-19/h2-12,16,22,24,26,29,31H,1H3/q+1. The van der Waals surface area contributed by atoms with Crippen molar-refractivity contribution in [3.63, 3.8) is 0 Å². The summed E-state index contributed by atoms with van der Waals surface area (Å²) in [6.07, 6.45) is 3.80. The molecule has 3 atom stereocenters. The number of rotatable bonds is 4. The molecule has 0 saturated carbocycles. The number of pyridine rings is 1. The Morgan fingerprint density at radius 2 is 1.94 bits per heavy atom. The van der Waals surface area contributed by atoms with Gasteiger partial charge in [-0.1, -0.05) is 36.4 Å². The lowest BCUT2D eigenvalue weighted by Gasteiger charge is -2.42. The minimum absolute atomic E-state index is 0.124. The number of aromatic nitrogens is 1. The highest BCUT2D eigenvalue weighted by molar-refractivity contribution is 7.10. The summed E-state index contributed by atoms with van der Waals surface area (Å²) in [5.74, 6) is 1.56. The number of hydrogen-bond acceptors (Lipinski definition) is 6. The second kappa shape index (κ2) is 8.63. The highest BCUT2D eigenvalue weighted by Crippen LogP contribution is 2.48.